The normalized spacial score (nSPS) is 13.6. The van der Waals surface area contributed by atoms with Gasteiger partial charge in [-0.15, -0.1) is 0 Å². The zero-order chi connectivity index (χ0) is 37.7. The van der Waals surface area contributed by atoms with Crippen LogP contribution in [0.5, 0.6) is 11.5 Å². The molecule has 4 heteroatoms. The smallest absolute Gasteiger partial charge is 0.171 e. The average Bonchev–Trinajstić information content (AvgIpc) is 3.77. The van der Waals surface area contributed by atoms with Crippen molar-refractivity contribution in [1.82, 2.24) is 4.57 Å². The number of fused-ring (bicyclic) bond motifs is 14. The lowest BCUT2D eigenvalue weighted by molar-refractivity contribution is 0.437. The van der Waals surface area contributed by atoms with Gasteiger partial charge >= 0.3 is 0 Å². The van der Waals surface area contributed by atoms with Crippen molar-refractivity contribution < 1.29 is 9.30 Å². The van der Waals surface area contributed by atoms with Crippen molar-refractivity contribution in [2.24, 2.45) is 0 Å². The van der Waals surface area contributed by atoms with Crippen LogP contribution in [-0.2, 0) is 9.98 Å². The number of hydrogen-bond donors (Lipinski definition) is 0. The standard InChI is InChI=1S/C53H34NO2P/c55-57(37-16-3-1-4-17-37,38-18-5-2-6-19-38)39-30-28-36(29-31-39)54-49-34-51-48(33-44(49)43-32-27-35-15-7-8-20-40(35)52(43)54)53(47-25-13-14-26-50(47)56-51)45-23-11-9-21-41(45)42-22-10-12-24-46(42)53/h1-34H. The Morgan fingerprint density at radius 1 is 0.421 bits per heavy atom. The lowest BCUT2D eigenvalue weighted by Gasteiger charge is -2.39. The molecule has 2 aliphatic rings. The van der Waals surface area contributed by atoms with Crippen LogP contribution in [0.2, 0.25) is 0 Å². The summed E-state index contributed by atoms with van der Waals surface area (Å²) in [4.78, 5) is 0. The molecule has 0 amide bonds. The van der Waals surface area contributed by atoms with Crippen molar-refractivity contribution in [3.05, 3.63) is 229 Å². The van der Waals surface area contributed by atoms with E-state index in [-0.39, 0.29) is 0 Å². The molecule has 0 radical (unpaired) electrons. The molecule has 0 saturated heterocycles. The lowest BCUT2D eigenvalue weighted by Crippen LogP contribution is -2.32. The van der Waals surface area contributed by atoms with Gasteiger partial charge in [0, 0.05) is 55.0 Å². The molecule has 2 heterocycles. The summed E-state index contributed by atoms with van der Waals surface area (Å²) in [6.07, 6.45) is 0. The third-order valence-electron chi connectivity index (χ3n) is 12.3. The molecule has 0 fully saturated rings. The number of benzene rings is 9. The maximum Gasteiger partial charge on any atom is 0.171 e. The fraction of sp³-hybridized carbons (Fsp3) is 0.0189. The molecule has 1 spiro atoms. The van der Waals surface area contributed by atoms with Crippen molar-refractivity contribution >= 4 is 55.6 Å². The summed E-state index contributed by atoms with van der Waals surface area (Å²) < 4.78 is 24.7. The molecule has 3 nitrogen and oxygen atoms in total. The largest absolute Gasteiger partial charge is 0.457 e. The Morgan fingerprint density at radius 2 is 0.982 bits per heavy atom. The van der Waals surface area contributed by atoms with Crippen LogP contribution in [0, 0.1) is 0 Å². The number of aromatic nitrogens is 1. The van der Waals surface area contributed by atoms with Gasteiger partial charge in [-0.05, 0) is 64.0 Å². The molecule has 10 aromatic rings. The Morgan fingerprint density at radius 3 is 1.67 bits per heavy atom. The van der Waals surface area contributed by atoms with Crippen molar-refractivity contribution in [2.45, 2.75) is 5.41 Å². The summed E-state index contributed by atoms with van der Waals surface area (Å²) in [6, 6.07) is 72.2. The number of nitrogens with zero attached hydrogens (tertiary/aromatic N) is 1. The van der Waals surface area contributed by atoms with Gasteiger partial charge < -0.3 is 13.9 Å². The highest BCUT2D eigenvalue weighted by Gasteiger charge is 2.51. The number of hydrogen-bond acceptors (Lipinski definition) is 2. The predicted octanol–water partition coefficient (Wildman–Crippen LogP) is 12.0. The zero-order valence-electron chi connectivity index (χ0n) is 30.8. The quantitative estimate of drug-likeness (QED) is 0.168. The molecule has 0 bridgehead atoms. The van der Waals surface area contributed by atoms with Crippen molar-refractivity contribution in [3.63, 3.8) is 0 Å². The first kappa shape index (κ1) is 32.3. The second-order valence-corrected chi connectivity index (χ2v) is 17.9. The maximum absolute atomic E-state index is 15.4. The van der Waals surface area contributed by atoms with E-state index in [1.54, 1.807) is 0 Å². The molecule has 9 aromatic carbocycles. The van der Waals surface area contributed by atoms with Gasteiger partial charge in [-0.3, -0.25) is 0 Å². The van der Waals surface area contributed by atoms with E-state index in [1.807, 2.05) is 60.7 Å². The second-order valence-electron chi connectivity index (χ2n) is 15.1. The average molecular weight is 748 g/mol. The first-order valence-corrected chi connectivity index (χ1v) is 21.2. The Hall–Kier alpha value is -6.93. The van der Waals surface area contributed by atoms with Crippen LogP contribution < -0.4 is 20.7 Å². The molecule has 0 atom stereocenters. The van der Waals surface area contributed by atoms with E-state index in [2.05, 4.69) is 150 Å². The lowest BCUT2D eigenvalue weighted by atomic mass is 9.66. The van der Waals surface area contributed by atoms with Gasteiger partial charge in [-0.2, -0.15) is 0 Å². The molecule has 0 saturated carbocycles. The summed E-state index contributed by atoms with van der Waals surface area (Å²) >= 11 is 0. The Labute approximate surface area is 330 Å². The molecule has 0 N–H and O–H groups in total. The van der Waals surface area contributed by atoms with E-state index in [0.717, 1.165) is 60.6 Å². The fourth-order valence-electron chi connectivity index (χ4n) is 9.93. The van der Waals surface area contributed by atoms with E-state index in [4.69, 9.17) is 4.74 Å². The molecule has 0 unspecified atom stereocenters. The van der Waals surface area contributed by atoms with Gasteiger partial charge in [0.15, 0.2) is 7.14 Å². The number of rotatable bonds is 4. The van der Waals surface area contributed by atoms with Crippen molar-refractivity contribution in [3.8, 4) is 28.3 Å². The van der Waals surface area contributed by atoms with Gasteiger partial charge in [0.25, 0.3) is 0 Å². The molecular weight excluding hydrogens is 714 g/mol. The summed E-state index contributed by atoms with van der Waals surface area (Å²) in [7, 11) is -3.15. The number of para-hydroxylation sites is 1. The molecule has 57 heavy (non-hydrogen) atoms. The van der Waals surface area contributed by atoms with Crippen molar-refractivity contribution in [1.29, 1.82) is 0 Å². The highest BCUT2D eigenvalue weighted by Crippen LogP contribution is 2.62. The Kier molecular flexibility index (Phi) is 6.82. The summed E-state index contributed by atoms with van der Waals surface area (Å²) in [5, 5.41) is 7.10. The molecule has 1 aliphatic carbocycles. The highest BCUT2D eigenvalue weighted by atomic mass is 31.2. The summed E-state index contributed by atoms with van der Waals surface area (Å²) in [6.45, 7) is 0. The minimum atomic E-state index is -3.15. The van der Waals surface area contributed by atoms with Gasteiger partial charge in [-0.25, -0.2) is 0 Å². The van der Waals surface area contributed by atoms with Gasteiger partial charge in [-0.1, -0.05) is 164 Å². The number of ether oxygens (including phenoxy) is 1. The molecule has 268 valence electrons. The van der Waals surface area contributed by atoms with E-state index in [1.165, 1.54) is 38.4 Å². The van der Waals surface area contributed by atoms with Crippen molar-refractivity contribution in [2.75, 3.05) is 0 Å². The Balaban J connectivity index is 1.15. The third-order valence-corrected chi connectivity index (χ3v) is 15.4. The van der Waals surface area contributed by atoms with E-state index in [0.29, 0.717) is 0 Å². The first-order chi connectivity index (χ1) is 28.2. The topological polar surface area (TPSA) is 31.2 Å². The highest BCUT2D eigenvalue weighted by molar-refractivity contribution is 7.85. The van der Waals surface area contributed by atoms with Crippen LogP contribution in [0.4, 0.5) is 0 Å². The second kappa shape index (κ2) is 12.0. The van der Waals surface area contributed by atoms with Gasteiger partial charge in [0.05, 0.1) is 16.4 Å². The molecular formula is C53H34NO2P. The fourth-order valence-corrected chi connectivity index (χ4v) is 12.6. The predicted molar refractivity (Wildman–Crippen MR) is 235 cm³/mol. The first-order valence-electron chi connectivity index (χ1n) is 19.4. The van der Waals surface area contributed by atoms with Crippen LogP contribution in [0.1, 0.15) is 22.3 Å². The third kappa shape index (κ3) is 4.35. The molecule has 1 aliphatic heterocycles. The monoisotopic (exact) mass is 747 g/mol. The maximum atomic E-state index is 15.4. The van der Waals surface area contributed by atoms with Crippen LogP contribution in [0.3, 0.4) is 0 Å². The van der Waals surface area contributed by atoms with E-state index < -0.39 is 12.6 Å². The minimum absolute atomic E-state index is 0.561. The zero-order valence-corrected chi connectivity index (χ0v) is 31.7. The molecule has 12 rings (SSSR count). The van der Waals surface area contributed by atoms with Crippen LogP contribution in [-0.4, -0.2) is 4.57 Å². The molecule has 1 aromatic heterocycles. The Bertz CT molecular complexity index is 3200. The summed E-state index contributed by atoms with van der Waals surface area (Å²) in [5.41, 5.74) is 9.96. The van der Waals surface area contributed by atoms with Gasteiger partial charge in [0.1, 0.15) is 11.5 Å². The van der Waals surface area contributed by atoms with Gasteiger partial charge in [0.2, 0.25) is 0 Å². The van der Waals surface area contributed by atoms with Crippen LogP contribution in [0.15, 0.2) is 206 Å². The van der Waals surface area contributed by atoms with Crippen LogP contribution in [0.25, 0.3) is 49.4 Å². The van der Waals surface area contributed by atoms with E-state index >= 15 is 4.57 Å². The minimum Gasteiger partial charge on any atom is -0.457 e. The van der Waals surface area contributed by atoms with Crippen LogP contribution >= 0.6 is 7.14 Å². The van der Waals surface area contributed by atoms with E-state index in [9.17, 15) is 0 Å². The SMILES string of the molecule is O=P(c1ccccc1)(c1ccccc1)c1ccc(-n2c3cc4c(cc3c3ccc5ccccc5c32)C2(c3ccccc3O4)c3ccccc3-c3ccccc32)cc1. The summed E-state index contributed by atoms with van der Waals surface area (Å²) in [5.74, 6) is 1.71.